The van der Waals surface area contributed by atoms with E-state index in [4.69, 9.17) is 15.6 Å². The highest BCUT2D eigenvalue weighted by Gasteiger charge is 2.09. The quantitative estimate of drug-likeness (QED) is 0.485. The summed E-state index contributed by atoms with van der Waals surface area (Å²) in [6.45, 7) is 0.434. The molecule has 0 saturated carbocycles. The highest BCUT2D eigenvalue weighted by atomic mass is 32.2. The molecule has 104 valence electrons. The van der Waals surface area contributed by atoms with Gasteiger partial charge in [-0.25, -0.2) is 4.79 Å². The second-order valence-corrected chi connectivity index (χ2v) is 5.24. The van der Waals surface area contributed by atoms with E-state index in [1.807, 2.05) is 24.3 Å². The van der Waals surface area contributed by atoms with E-state index in [1.165, 1.54) is 6.07 Å². The van der Waals surface area contributed by atoms with Crippen LogP contribution in [0.15, 0.2) is 53.4 Å². The van der Waals surface area contributed by atoms with Crippen LogP contribution in [0.1, 0.15) is 10.4 Å². The molecule has 0 saturated heterocycles. The topological polar surface area (TPSA) is 72.5 Å². The van der Waals surface area contributed by atoms with Gasteiger partial charge in [-0.05, 0) is 30.3 Å². The third kappa shape index (κ3) is 3.93. The number of aromatic carboxylic acids is 1. The minimum atomic E-state index is -0.982. The molecule has 0 amide bonds. The minimum Gasteiger partial charge on any atom is -0.492 e. The number of ether oxygens (including phenoxy) is 1. The Balaban J connectivity index is 1.86. The Kier molecular flexibility index (Phi) is 4.90. The molecule has 5 heteroatoms. The van der Waals surface area contributed by atoms with Gasteiger partial charge in [0.2, 0.25) is 0 Å². The number of nitrogen functional groups attached to an aromatic ring is 1. The van der Waals surface area contributed by atoms with Crippen LogP contribution < -0.4 is 10.5 Å². The highest BCUT2D eigenvalue weighted by molar-refractivity contribution is 7.99. The Morgan fingerprint density at radius 3 is 2.75 bits per heavy atom. The summed E-state index contributed by atoms with van der Waals surface area (Å²) >= 11 is 1.62. The van der Waals surface area contributed by atoms with Gasteiger partial charge in [-0.15, -0.1) is 11.8 Å². The van der Waals surface area contributed by atoms with Gasteiger partial charge in [-0.1, -0.05) is 18.2 Å². The largest absolute Gasteiger partial charge is 0.492 e. The van der Waals surface area contributed by atoms with Gasteiger partial charge >= 0.3 is 5.97 Å². The van der Waals surface area contributed by atoms with Gasteiger partial charge < -0.3 is 15.6 Å². The van der Waals surface area contributed by atoms with Crippen LogP contribution in [-0.2, 0) is 0 Å². The SMILES string of the molecule is Nc1cccc(SCCOc2ccccc2C(=O)O)c1. The molecule has 3 N–H and O–H groups in total. The fraction of sp³-hybridized carbons (Fsp3) is 0.133. The molecule has 0 bridgehead atoms. The van der Waals surface area contributed by atoms with E-state index >= 15 is 0 Å². The number of hydrogen-bond donors (Lipinski definition) is 2. The summed E-state index contributed by atoms with van der Waals surface area (Å²) < 4.78 is 5.52. The second kappa shape index (κ2) is 6.86. The van der Waals surface area contributed by atoms with Crippen LogP contribution in [0.3, 0.4) is 0 Å². The van der Waals surface area contributed by atoms with Crippen molar-refractivity contribution in [2.24, 2.45) is 0 Å². The third-order valence-electron chi connectivity index (χ3n) is 2.59. The van der Waals surface area contributed by atoms with Gasteiger partial charge in [-0.3, -0.25) is 0 Å². The van der Waals surface area contributed by atoms with E-state index in [-0.39, 0.29) is 5.56 Å². The fourth-order valence-corrected chi connectivity index (χ4v) is 2.48. The van der Waals surface area contributed by atoms with Crippen molar-refractivity contribution in [1.29, 1.82) is 0 Å². The van der Waals surface area contributed by atoms with E-state index in [0.717, 1.165) is 16.3 Å². The number of benzene rings is 2. The molecule has 20 heavy (non-hydrogen) atoms. The zero-order chi connectivity index (χ0) is 14.4. The normalized spacial score (nSPS) is 10.2. The van der Waals surface area contributed by atoms with Crippen LogP contribution in [0, 0.1) is 0 Å². The minimum absolute atomic E-state index is 0.182. The lowest BCUT2D eigenvalue weighted by atomic mass is 10.2. The number of rotatable bonds is 6. The van der Waals surface area contributed by atoms with Gasteiger partial charge in [0.15, 0.2) is 0 Å². The first kappa shape index (κ1) is 14.3. The molecule has 4 nitrogen and oxygen atoms in total. The van der Waals surface area contributed by atoms with E-state index in [9.17, 15) is 4.79 Å². The van der Waals surface area contributed by atoms with E-state index in [1.54, 1.807) is 30.0 Å². The molecule has 0 aliphatic carbocycles. The van der Waals surface area contributed by atoms with Crippen molar-refractivity contribution in [2.45, 2.75) is 4.90 Å². The molecule has 0 fully saturated rings. The van der Waals surface area contributed by atoms with Crippen LogP contribution in [0.2, 0.25) is 0 Å². The number of carboxylic acid groups (broad SMARTS) is 1. The first-order chi connectivity index (χ1) is 9.66. The number of anilines is 1. The average Bonchev–Trinajstić information content (AvgIpc) is 2.44. The maximum absolute atomic E-state index is 11.0. The second-order valence-electron chi connectivity index (χ2n) is 4.07. The lowest BCUT2D eigenvalue weighted by Crippen LogP contribution is -2.05. The standard InChI is InChI=1S/C15H15NO3S/c16-11-4-3-5-12(10-11)20-9-8-19-14-7-2-1-6-13(14)15(17)18/h1-7,10H,8-9,16H2,(H,17,18). The van der Waals surface area contributed by atoms with Crippen LogP contribution in [0.4, 0.5) is 5.69 Å². The van der Waals surface area contributed by atoms with Gasteiger partial charge in [-0.2, -0.15) is 0 Å². The van der Waals surface area contributed by atoms with Crippen molar-refractivity contribution >= 4 is 23.4 Å². The zero-order valence-electron chi connectivity index (χ0n) is 10.8. The molecular weight excluding hydrogens is 274 g/mol. The van der Waals surface area contributed by atoms with Gasteiger partial charge in [0.1, 0.15) is 11.3 Å². The van der Waals surface area contributed by atoms with Crippen molar-refractivity contribution in [3.05, 3.63) is 54.1 Å². The molecule has 0 aliphatic heterocycles. The highest BCUT2D eigenvalue weighted by Crippen LogP contribution is 2.21. The Labute approximate surface area is 121 Å². The van der Waals surface area contributed by atoms with Crippen LogP contribution in [0.5, 0.6) is 5.75 Å². The Bertz CT molecular complexity index is 601. The van der Waals surface area contributed by atoms with E-state index < -0.39 is 5.97 Å². The monoisotopic (exact) mass is 289 g/mol. The first-order valence-corrected chi connectivity index (χ1v) is 7.09. The van der Waals surface area contributed by atoms with Crippen molar-refractivity contribution in [3.8, 4) is 5.75 Å². The number of nitrogens with two attached hydrogens (primary N) is 1. The van der Waals surface area contributed by atoms with Gasteiger partial charge in [0, 0.05) is 16.3 Å². The summed E-state index contributed by atoms with van der Waals surface area (Å²) in [4.78, 5) is 12.1. The first-order valence-electron chi connectivity index (χ1n) is 6.10. The lowest BCUT2D eigenvalue weighted by molar-refractivity contribution is 0.0692. The summed E-state index contributed by atoms with van der Waals surface area (Å²) in [5.41, 5.74) is 6.61. The van der Waals surface area contributed by atoms with Crippen molar-refractivity contribution in [2.75, 3.05) is 18.1 Å². The van der Waals surface area contributed by atoms with Crippen molar-refractivity contribution < 1.29 is 14.6 Å². The number of para-hydroxylation sites is 1. The average molecular weight is 289 g/mol. The molecule has 0 unspecified atom stereocenters. The number of carboxylic acids is 1. The smallest absolute Gasteiger partial charge is 0.339 e. The molecule has 0 aliphatic rings. The maximum atomic E-state index is 11.0. The Hall–Kier alpha value is -2.14. The van der Waals surface area contributed by atoms with Gasteiger partial charge in [0.25, 0.3) is 0 Å². The molecule has 2 aromatic rings. The van der Waals surface area contributed by atoms with Crippen LogP contribution in [0.25, 0.3) is 0 Å². The van der Waals surface area contributed by atoms with Crippen LogP contribution >= 0.6 is 11.8 Å². The predicted octanol–water partition coefficient (Wildman–Crippen LogP) is 3.14. The van der Waals surface area contributed by atoms with E-state index in [0.29, 0.717) is 12.4 Å². The number of carbonyl (C=O) groups is 1. The predicted molar refractivity (Wildman–Crippen MR) is 80.5 cm³/mol. The van der Waals surface area contributed by atoms with Crippen molar-refractivity contribution in [1.82, 2.24) is 0 Å². The molecule has 0 heterocycles. The summed E-state index contributed by atoms with van der Waals surface area (Å²) in [5.74, 6) is 0.134. The number of thioether (sulfide) groups is 1. The molecule has 2 aromatic carbocycles. The Morgan fingerprint density at radius 1 is 1.20 bits per heavy atom. The molecule has 0 aromatic heterocycles. The summed E-state index contributed by atoms with van der Waals surface area (Å²) in [6, 6.07) is 14.2. The molecule has 0 radical (unpaired) electrons. The molecule has 2 rings (SSSR count). The Morgan fingerprint density at radius 2 is 2.00 bits per heavy atom. The molecule has 0 spiro atoms. The van der Waals surface area contributed by atoms with Crippen LogP contribution in [-0.4, -0.2) is 23.4 Å². The number of hydrogen-bond acceptors (Lipinski definition) is 4. The fourth-order valence-electron chi connectivity index (χ4n) is 1.68. The summed E-state index contributed by atoms with van der Waals surface area (Å²) in [5, 5.41) is 9.03. The van der Waals surface area contributed by atoms with Gasteiger partial charge in [0.05, 0.1) is 6.61 Å². The van der Waals surface area contributed by atoms with E-state index in [2.05, 4.69) is 0 Å². The molecule has 0 atom stereocenters. The van der Waals surface area contributed by atoms with Crippen molar-refractivity contribution in [3.63, 3.8) is 0 Å². The maximum Gasteiger partial charge on any atom is 0.339 e. The summed E-state index contributed by atoms with van der Waals surface area (Å²) in [7, 11) is 0. The summed E-state index contributed by atoms with van der Waals surface area (Å²) in [6.07, 6.45) is 0. The lowest BCUT2D eigenvalue weighted by Gasteiger charge is -2.08. The third-order valence-corrected chi connectivity index (χ3v) is 3.54. The zero-order valence-corrected chi connectivity index (χ0v) is 11.6. The molecular formula is C15H15NO3S.